The number of nitrogens with zero attached hydrogens (tertiary/aromatic N) is 1. The number of benzene rings is 1. The summed E-state index contributed by atoms with van der Waals surface area (Å²) in [4.78, 5) is 14.2. The molecule has 4 nitrogen and oxygen atoms in total. The molecule has 0 bridgehead atoms. The van der Waals surface area contributed by atoms with Crippen molar-refractivity contribution in [3.05, 3.63) is 23.8 Å². The molecule has 1 aliphatic carbocycles. The van der Waals surface area contributed by atoms with Crippen LogP contribution in [-0.4, -0.2) is 32.3 Å². The Hall–Kier alpha value is -1.55. The summed E-state index contributed by atoms with van der Waals surface area (Å²) in [6.45, 7) is 0.950. The zero-order chi connectivity index (χ0) is 14.7. The van der Waals surface area contributed by atoms with Crippen LogP contribution in [0.15, 0.2) is 18.2 Å². The lowest BCUT2D eigenvalue weighted by Crippen LogP contribution is -2.34. The third kappa shape index (κ3) is 3.21. The predicted molar refractivity (Wildman–Crippen MR) is 81.9 cm³/mol. The van der Waals surface area contributed by atoms with Gasteiger partial charge in [-0.1, -0.05) is 19.3 Å². The smallest absolute Gasteiger partial charge is 0.253 e. The summed E-state index contributed by atoms with van der Waals surface area (Å²) >= 11 is 0. The summed E-state index contributed by atoms with van der Waals surface area (Å²) in [6.07, 6.45) is 7.12. The second-order valence-electron chi connectivity index (χ2n) is 5.86. The van der Waals surface area contributed by atoms with Gasteiger partial charge >= 0.3 is 0 Å². The third-order valence-corrected chi connectivity index (χ3v) is 4.48. The number of amides is 1. The number of methoxy groups -OCH3 is 1. The third-order valence-electron chi connectivity index (χ3n) is 4.48. The van der Waals surface area contributed by atoms with E-state index in [0.29, 0.717) is 0 Å². The Balaban J connectivity index is 1.59. The Morgan fingerprint density at radius 1 is 1.29 bits per heavy atom. The molecule has 1 saturated carbocycles. The maximum atomic E-state index is 12.4. The minimum Gasteiger partial charge on any atom is -0.497 e. The highest BCUT2D eigenvalue weighted by molar-refractivity contribution is 5.96. The molecular weight excluding hydrogens is 266 g/mol. The number of carbonyl (C=O) groups is 1. The van der Waals surface area contributed by atoms with Gasteiger partial charge in [-0.05, 0) is 43.0 Å². The molecule has 0 radical (unpaired) electrons. The van der Waals surface area contributed by atoms with Crippen LogP contribution in [0.2, 0.25) is 0 Å². The number of hydrogen-bond acceptors (Lipinski definition) is 3. The molecule has 1 fully saturated rings. The molecule has 0 aromatic heterocycles. The van der Waals surface area contributed by atoms with Gasteiger partial charge < -0.3 is 14.4 Å². The lowest BCUT2D eigenvalue weighted by molar-refractivity contribution is -0.125. The molecule has 1 aromatic rings. The normalized spacial score (nSPS) is 18.6. The second-order valence-corrected chi connectivity index (χ2v) is 5.86. The molecule has 21 heavy (non-hydrogen) atoms. The van der Waals surface area contributed by atoms with E-state index in [0.717, 1.165) is 37.2 Å². The molecule has 2 aliphatic rings. The fourth-order valence-electron chi connectivity index (χ4n) is 3.26. The van der Waals surface area contributed by atoms with E-state index in [1.54, 1.807) is 7.11 Å². The summed E-state index contributed by atoms with van der Waals surface area (Å²) in [6, 6.07) is 5.90. The SMILES string of the molecule is COc1ccc2c(c1)CCN2C(=O)COC1CCCCC1. The van der Waals surface area contributed by atoms with E-state index < -0.39 is 0 Å². The summed E-state index contributed by atoms with van der Waals surface area (Å²) in [5.41, 5.74) is 2.19. The monoisotopic (exact) mass is 289 g/mol. The number of anilines is 1. The van der Waals surface area contributed by atoms with Crippen LogP contribution in [0.1, 0.15) is 37.7 Å². The molecule has 1 aliphatic heterocycles. The van der Waals surface area contributed by atoms with Crippen molar-refractivity contribution >= 4 is 11.6 Å². The van der Waals surface area contributed by atoms with Crippen LogP contribution < -0.4 is 9.64 Å². The van der Waals surface area contributed by atoms with E-state index in [2.05, 4.69) is 0 Å². The van der Waals surface area contributed by atoms with Crippen LogP contribution in [0.25, 0.3) is 0 Å². The molecule has 0 N–H and O–H groups in total. The van der Waals surface area contributed by atoms with Crippen molar-refractivity contribution in [1.29, 1.82) is 0 Å². The first-order valence-corrected chi connectivity index (χ1v) is 7.87. The van der Waals surface area contributed by atoms with E-state index in [4.69, 9.17) is 9.47 Å². The van der Waals surface area contributed by atoms with Gasteiger partial charge in [0.2, 0.25) is 0 Å². The molecule has 114 valence electrons. The summed E-state index contributed by atoms with van der Waals surface area (Å²) < 4.78 is 11.0. The molecule has 3 rings (SSSR count). The lowest BCUT2D eigenvalue weighted by atomic mass is 9.98. The summed E-state index contributed by atoms with van der Waals surface area (Å²) in [5, 5.41) is 0. The molecular formula is C17H23NO3. The van der Waals surface area contributed by atoms with Gasteiger partial charge in [0, 0.05) is 12.2 Å². The Bertz CT molecular complexity index is 509. The van der Waals surface area contributed by atoms with Crippen LogP contribution in [0, 0.1) is 0 Å². The maximum absolute atomic E-state index is 12.4. The van der Waals surface area contributed by atoms with E-state index in [-0.39, 0.29) is 18.6 Å². The first kappa shape index (κ1) is 14.4. The van der Waals surface area contributed by atoms with Crippen molar-refractivity contribution < 1.29 is 14.3 Å². The Kier molecular flexibility index (Phi) is 4.44. The first-order chi connectivity index (χ1) is 10.3. The average molecular weight is 289 g/mol. The van der Waals surface area contributed by atoms with Crippen LogP contribution in [-0.2, 0) is 16.0 Å². The van der Waals surface area contributed by atoms with E-state index in [1.807, 2.05) is 23.1 Å². The molecule has 0 spiro atoms. The summed E-state index contributed by atoms with van der Waals surface area (Å²) in [5.74, 6) is 0.922. The van der Waals surface area contributed by atoms with Crippen molar-refractivity contribution in [3.63, 3.8) is 0 Å². The highest BCUT2D eigenvalue weighted by Crippen LogP contribution is 2.31. The second kappa shape index (κ2) is 6.48. The molecule has 1 amide bonds. The number of ether oxygens (including phenoxy) is 2. The van der Waals surface area contributed by atoms with Crippen molar-refractivity contribution in [1.82, 2.24) is 0 Å². The first-order valence-electron chi connectivity index (χ1n) is 7.87. The van der Waals surface area contributed by atoms with Gasteiger partial charge in [0.15, 0.2) is 0 Å². The van der Waals surface area contributed by atoms with Crippen LogP contribution in [0.3, 0.4) is 0 Å². The minimum absolute atomic E-state index is 0.0736. The molecule has 0 unspecified atom stereocenters. The van der Waals surface area contributed by atoms with E-state index in [1.165, 1.54) is 24.8 Å². The van der Waals surface area contributed by atoms with Gasteiger partial charge in [-0.15, -0.1) is 0 Å². The Morgan fingerprint density at radius 3 is 2.86 bits per heavy atom. The van der Waals surface area contributed by atoms with Crippen molar-refractivity contribution in [2.24, 2.45) is 0 Å². The molecule has 0 saturated heterocycles. The maximum Gasteiger partial charge on any atom is 0.253 e. The minimum atomic E-state index is 0.0736. The van der Waals surface area contributed by atoms with Crippen molar-refractivity contribution in [2.45, 2.75) is 44.6 Å². The average Bonchev–Trinajstić information content (AvgIpc) is 2.96. The van der Waals surface area contributed by atoms with Crippen LogP contribution in [0.4, 0.5) is 5.69 Å². The fraction of sp³-hybridized carbons (Fsp3) is 0.588. The van der Waals surface area contributed by atoms with Crippen LogP contribution in [0.5, 0.6) is 5.75 Å². The van der Waals surface area contributed by atoms with Gasteiger partial charge in [-0.2, -0.15) is 0 Å². The fourth-order valence-corrected chi connectivity index (χ4v) is 3.26. The Morgan fingerprint density at radius 2 is 2.10 bits per heavy atom. The van der Waals surface area contributed by atoms with Gasteiger partial charge in [-0.25, -0.2) is 0 Å². The summed E-state index contributed by atoms with van der Waals surface area (Å²) in [7, 11) is 1.66. The Labute approximate surface area is 126 Å². The zero-order valence-electron chi connectivity index (χ0n) is 12.6. The zero-order valence-corrected chi connectivity index (χ0v) is 12.6. The number of rotatable bonds is 4. The highest BCUT2D eigenvalue weighted by atomic mass is 16.5. The van der Waals surface area contributed by atoms with E-state index in [9.17, 15) is 4.79 Å². The van der Waals surface area contributed by atoms with Crippen molar-refractivity contribution in [2.75, 3.05) is 25.2 Å². The van der Waals surface area contributed by atoms with Gasteiger partial charge in [0.05, 0.1) is 13.2 Å². The standard InChI is InChI=1S/C17H23NO3/c1-20-15-7-8-16-13(11-15)9-10-18(16)17(19)12-21-14-5-3-2-4-6-14/h7-8,11,14H,2-6,9-10,12H2,1H3. The number of carbonyl (C=O) groups excluding carboxylic acids is 1. The van der Waals surface area contributed by atoms with Gasteiger partial charge in [-0.3, -0.25) is 4.79 Å². The van der Waals surface area contributed by atoms with Crippen LogP contribution >= 0.6 is 0 Å². The molecule has 4 heteroatoms. The molecule has 1 heterocycles. The largest absolute Gasteiger partial charge is 0.497 e. The van der Waals surface area contributed by atoms with Gasteiger partial charge in [0.25, 0.3) is 5.91 Å². The number of hydrogen-bond donors (Lipinski definition) is 0. The van der Waals surface area contributed by atoms with E-state index >= 15 is 0 Å². The number of fused-ring (bicyclic) bond motifs is 1. The highest BCUT2D eigenvalue weighted by Gasteiger charge is 2.26. The van der Waals surface area contributed by atoms with Crippen molar-refractivity contribution in [3.8, 4) is 5.75 Å². The lowest BCUT2D eigenvalue weighted by Gasteiger charge is -2.23. The quantitative estimate of drug-likeness (QED) is 0.855. The van der Waals surface area contributed by atoms with Gasteiger partial charge in [0.1, 0.15) is 12.4 Å². The topological polar surface area (TPSA) is 38.8 Å². The predicted octanol–water partition coefficient (Wildman–Crippen LogP) is 2.93. The molecule has 0 atom stereocenters. The molecule has 1 aromatic carbocycles.